The smallest absolute Gasteiger partial charge is 0.310 e. The predicted octanol–water partition coefficient (Wildman–Crippen LogP) is 2.24. The molecule has 0 aromatic heterocycles. The minimum Gasteiger partial charge on any atom is -0.481 e. The molecule has 1 fully saturated rings. The summed E-state index contributed by atoms with van der Waals surface area (Å²) in [7, 11) is 1.99. The zero-order valence-corrected chi connectivity index (χ0v) is 11.9. The lowest BCUT2D eigenvalue weighted by Gasteiger charge is -2.38. The van der Waals surface area contributed by atoms with Gasteiger partial charge in [0.1, 0.15) is 0 Å². The maximum atomic E-state index is 11.6. The number of carbonyl (C=O) groups is 1. The highest BCUT2D eigenvalue weighted by molar-refractivity contribution is 5.75. The highest BCUT2D eigenvalue weighted by Crippen LogP contribution is 2.39. The highest BCUT2D eigenvalue weighted by atomic mass is 16.5. The lowest BCUT2D eigenvalue weighted by Crippen LogP contribution is -2.45. The number of rotatable bonds is 7. The van der Waals surface area contributed by atoms with E-state index in [9.17, 15) is 9.90 Å². The molecule has 1 aliphatic rings. The maximum absolute atomic E-state index is 11.6. The normalized spacial score (nSPS) is 28.6. The highest BCUT2D eigenvalue weighted by Gasteiger charge is 2.41. The van der Waals surface area contributed by atoms with Crippen molar-refractivity contribution in [1.82, 2.24) is 4.90 Å². The van der Waals surface area contributed by atoms with Crippen molar-refractivity contribution in [2.24, 2.45) is 11.3 Å². The van der Waals surface area contributed by atoms with E-state index < -0.39 is 11.4 Å². The molecule has 0 spiro atoms. The number of carboxylic acid groups (broad SMARTS) is 1. The Morgan fingerprint density at radius 2 is 2.06 bits per heavy atom. The van der Waals surface area contributed by atoms with Gasteiger partial charge in [-0.1, -0.05) is 6.92 Å². The van der Waals surface area contributed by atoms with Crippen molar-refractivity contribution < 1.29 is 14.6 Å². The Kier molecular flexibility index (Phi) is 6.09. The standard InChI is InChI=1S/C14H27NO3/c1-4-18-10-9-15(3)11-14(13(16)17)7-5-12(2)6-8-14/h12H,4-11H2,1-3H3,(H,16,17). The van der Waals surface area contributed by atoms with Gasteiger partial charge < -0.3 is 14.7 Å². The molecule has 0 unspecified atom stereocenters. The van der Waals surface area contributed by atoms with Crippen LogP contribution < -0.4 is 0 Å². The molecule has 1 saturated carbocycles. The van der Waals surface area contributed by atoms with Gasteiger partial charge >= 0.3 is 5.97 Å². The number of carboxylic acids is 1. The molecule has 0 radical (unpaired) electrons. The monoisotopic (exact) mass is 257 g/mol. The molecule has 1 rings (SSSR count). The molecule has 0 saturated heterocycles. The van der Waals surface area contributed by atoms with Crippen LogP contribution in [0, 0.1) is 11.3 Å². The van der Waals surface area contributed by atoms with Gasteiger partial charge in [0.05, 0.1) is 12.0 Å². The number of aliphatic carboxylic acids is 1. The van der Waals surface area contributed by atoms with Crippen LogP contribution in [0.4, 0.5) is 0 Å². The van der Waals surface area contributed by atoms with Crippen molar-refractivity contribution in [3.05, 3.63) is 0 Å². The molecule has 18 heavy (non-hydrogen) atoms. The molecule has 0 aromatic carbocycles. The van der Waals surface area contributed by atoms with Crippen LogP contribution in [0.3, 0.4) is 0 Å². The Hall–Kier alpha value is -0.610. The third kappa shape index (κ3) is 4.25. The van der Waals surface area contributed by atoms with Gasteiger partial charge in [0.25, 0.3) is 0 Å². The van der Waals surface area contributed by atoms with Crippen molar-refractivity contribution in [1.29, 1.82) is 0 Å². The molecule has 106 valence electrons. The molecule has 4 nitrogen and oxygen atoms in total. The minimum atomic E-state index is -0.627. The second-order valence-corrected chi connectivity index (χ2v) is 5.70. The summed E-state index contributed by atoms with van der Waals surface area (Å²) in [5, 5.41) is 9.54. The largest absolute Gasteiger partial charge is 0.481 e. The van der Waals surface area contributed by atoms with Crippen molar-refractivity contribution >= 4 is 5.97 Å². The van der Waals surface area contributed by atoms with Gasteiger partial charge in [-0.05, 0) is 45.6 Å². The third-order valence-electron chi connectivity index (χ3n) is 4.08. The van der Waals surface area contributed by atoms with Gasteiger partial charge in [0, 0.05) is 19.7 Å². The molecule has 0 atom stereocenters. The summed E-state index contributed by atoms with van der Waals surface area (Å²) in [6.07, 6.45) is 3.68. The van der Waals surface area contributed by atoms with Crippen LogP contribution in [0.2, 0.25) is 0 Å². The first-order chi connectivity index (χ1) is 8.50. The van der Waals surface area contributed by atoms with Crippen LogP contribution in [0.15, 0.2) is 0 Å². The number of ether oxygens (including phenoxy) is 1. The zero-order chi connectivity index (χ0) is 13.6. The molecule has 0 bridgehead atoms. The summed E-state index contributed by atoms with van der Waals surface area (Å²) < 4.78 is 5.31. The van der Waals surface area contributed by atoms with Crippen LogP contribution in [0.25, 0.3) is 0 Å². The fraction of sp³-hybridized carbons (Fsp3) is 0.929. The average molecular weight is 257 g/mol. The second kappa shape index (κ2) is 7.10. The molecule has 4 heteroatoms. The zero-order valence-electron chi connectivity index (χ0n) is 11.9. The first kappa shape index (κ1) is 15.4. The second-order valence-electron chi connectivity index (χ2n) is 5.70. The van der Waals surface area contributed by atoms with Crippen LogP contribution in [0.1, 0.15) is 39.5 Å². The first-order valence-electron chi connectivity index (χ1n) is 7.00. The van der Waals surface area contributed by atoms with Crippen molar-refractivity contribution in [2.45, 2.75) is 39.5 Å². The van der Waals surface area contributed by atoms with E-state index in [4.69, 9.17) is 4.74 Å². The Labute approximate surface area is 110 Å². The lowest BCUT2D eigenvalue weighted by atomic mass is 9.70. The SMILES string of the molecule is CCOCCN(C)CC1(C(=O)O)CCC(C)CC1. The molecular formula is C14H27NO3. The third-order valence-corrected chi connectivity index (χ3v) is 4.08. The van der Waals surface area contributed by atoms with Gasteiger partial charge in [-0.3, -0.25) is 4.79 Å². The van der Waals surface area contributed by atoms with Crippen LogP contribution in [0.5, 0.6) is 0 Å². The van der Waals surface area contributed by atoms with Crippen LogP contribution >= 0.6 is 0 Å². The Morgan fingerprint density at radius 3 is 2.56 bits per heavy atom. The first-order valence-corrected chi connectivity index (χ1v) is 7.00. The van der Waals surface area contributed by atoms with E-state index in [1.54, 1.807) is 0 Å². The van der Waals surface area contributed by atoms with E-state index in [0.29, 0.717) is 19.1 Å². The molecule has 0 heterocycles. The molecule has 0 aliphatic heterocycles. The Morgan fingerprint density at radius 1 is 1.44 bits per heavy atom. The van der Waals surface area contributed by atoms with Crippen LogP contribution in [-0.4, -0.2) is 49.3 Å². The number of nitrogens with zero attached hydrogens (tertiary/aromatic N) is 1. The summed E-state index contributed by atoms with van der Waals surface area (Å²) in [5.74, 6) is 0.0452. The molecule has 0 amide bonds. The van der Waals surface area contributed by atoms with Gasteiger partial charge in [0.15, 0.2) is 0 Å². The molecule has 0 aromatic rings. The number of hydrogen-bond acceptors (Lipinski definition) is 3. The van der Waals surface area contributed by atoms with Gasteiger partial charge in [-0.15, -0.1) is 0 Å². The van der Waals surface area contributed by atoms with Crippen molar-refractivity contribution in [3.63, 3.8) is 0 Å². The van der Waals surface area contributed by atoms with Crippen molar-refractivity contribution in [2.75, 3.05) is 33.4 Å². The van der Waals surface area contributed by atoms with E-state index in [2.05, 4.69) is 11.8 Å². The van der Waals surface area contributed by atoms with E-state index in [1.807, 2.05) is 14.0 Å². The Bertz CT molecular complexity index is 260. The summed E-state index contributed by atoms with van der Waals surface area (Å²) in [4.78, 5) is 13.7. The van der Waals surface area contributed by atoms with Gasteiger partial charge in [-0.2, -0.15) is 0 Å². The summed E-state index contributed by atoms with van der Waals surface area (Å²) >= 11 is 0. The van der Waals surface area contributed by atoms with Crippen molar-refractivity contribution in [3.8, 4) is 0 Å². The fourth-order valence-corrected chi connectivity index (χ4v) is 2.71. The number of hydrogen-bond donors (Lipinski definition) is 1. The summed E-state index contributed by atoms with van der Waals surface area (Å²) in [6, 6.07) is 0. The lowest BCUT2D eigenvalue weighted by molar-refractivity contribution is -0.153. The summed E-state index contributed by atoms with van der Waals surface area (Å²) in [6.45, 7) is 7.03. The van der Waals surface area contributed by atoms with Crippen LogP contribution in [-0.2, 0) is 9.53 Å². The molecular weight excluding hydrogens is 230 g/mol. The van der Waals surface area contributed by atoms with Gasteiger partial charge in [0.2, 0.25) is 0 Å². The fourth-order valence-electron chi connectivity index (χ4n) is 2.71. The minimum absolute atomic E-state index is 0.534. The van der Waals surface area contributed by atoms with E-state index >= 15 is 0 Å². The van der Waals surface area contributed by atoms with Gasteiger partial charge in [-0.25, -0.2) is 0 Å². The topological polar surface area (TPSA) is 49.8 Å². The van der Waals surface area contributed by atoms with E-state index in [-0.39, 0.29) is 0 Å². The predicted molar refractivity (Wildman–Crippen MR) is 71.7 cm³/mol. The molecule has 1 N–H and O–H groups in total. The quantitative estimate of drug-likeness (QED) is 0.711. The Balaban J connectivity index is 2.50. The average Bonchev–Trinajstić information content (AvgIpc) is 2.32. The maximum Gasteiger partial charge on any atom is 0.310 e. The van der Waals surface area contributed by atoms with E-state index in [0.717, 1.165) is 38.8 Å². The van der Waals surface area contributed by atoms with E-state index in [1.165, 1.54) is 0 Å². The molecule has 1 aliphatic carbocycles. The summed E-state index contributed by atoms with van der Waals surface area (Å²) in [5.41, 5.74) is -0.534. The number of likely N-dealkylation sites (N-methyl/N-ethyl adjacent to an activating group) is 1.